The van der Waals surface area contributed by atoms with E-state index in [0.29, 0.717) is 12.0 Å². The van der Waals surface area contributed by atoms with E-state index in [1.54, 1.807) is 0 Å². The van der Waals surface area contributed by atoms with Crippen molar-refractivity contribution in [2.45, 2.75) is 60.5 Å². The molecule has 0 N–H and O–H groups in total. The summed E-state index contributed by atoms with van der Waals surface area (Å²) in [6.45, 7) is 14.5. The lowest BCUT2D eigenvalue weighted by Crippen LogP contribution is -2.10. The zero-order valence-electron chi connectivity index (χ0n) is 11.8. The summed E-state index contributed by atoms with van der Waals surface area (Å²) in [6.07, 6.45) is 0.335. The SMILES string of the molecule is CC.CC.Cc1ccc2c(c1)C(C)C(C)O2. The van der Waals surface area contributed by atoms with Gasteiger partial charge in [-0.3, -0.25) is 0 Å². The summed E-state index contributed by atoms with van der Waals surface area (Å²) in [5, 5.41) is 0. The molecule has 2 unspecified atom stereocenters. The second-order valence-corrected chi connectivity index (χ2v) is 3.65. The minimum atomic E-state index is 0.335. The van der Waals surface area contributed by atoms with Crippen LogP contribution in [0.4, 0.5) is 0 Å². The third kappa shape index (κ3) is 3.26. The first-order valence-corrected chi connectivity index (χ1v) is 6.45. The monoisotopic (exact) mass is 222 g/mol. The maximum Gasteiger partial charge on any atom is 0.123 e. The Morgan fingerprint density at radius 3 is 2.12 bits per heavy atom. The molecule has 0 amide bonds. The van der Waals surface area contributed by atoms with Gasteiger partial charge in [-0.25, -0.2) is 0 Å². The summed E-state index contributed by atoms with van der Waals surface area (Å²) in [4.78, 5) is 0. The molecule has 1 heterocycles. The van der Waals surface area contributed by atoms with Gasteiger partial charge < -0.3 is 4.74 Å². The molecule has 0 spiro atoms. The van der Waals surface area contributed by atoms with Crippen molar-refractivity contribution >= 4 is 0 Å². The van der Waals surface area contributed by atoms with Crippen molar-refractivity contribution in [1.82, 2.24) is 0 Å². The van der Waals surface area contributed by atoms with Crippen LogP contribution in [0.3, 0.4) is 0 Å². The Bertz CT molecular complexity index is 304. The average molecular weight is 222 g/mol. The molecule has 0 saturated heterocycles. The second kappa shape index (κ2) is 7.32. The summed E-state index contributed by atoms with van der Waals surface area (Å²) < 4.78 is 5.67. The number of benzene rings is 1. The van der Waals surface area contributed by atoms with Gasteiger partial charge in [0.05, 0.1) is 0 Å². The van der Waals surface area contributed by atoms with Crippen LogP contribution in [-0.2, 0) is 0 Å². The molecule has 2 atom stereocenters. The first-order chi connectivity index (χ1) is 7.68. The van der Waals surface area contributed by atoms with Crippen molar-refractivity contribution in [3.8, 4) is 5.75 Å². The molecular formula is C15H26O. The highest BCUT2D eigenvalue weighted by molar-refractivity contribution is 5.42. The van der Waals surface area contributed by atoms with Gasteiger partial charge in [-0.15, -0.1) is 0 Å². The average Bonchev–Trinajstić information content (AvgIpc) is 2.61. The zero-order valence-corrected chi connectivity index (χ0v) is 11.8. The minimum absolute atomic E-state index is 0.335. The van der Waals surface area contributed by atoms with Crippen molar-refractivity contribution in [3.63, 3.8) is 0 Å². The third-order valence-corrected chi connectivity index (χ3v) is 2.67. The van der Waals surface area contributed by atoms with Crippen molar-refractivity contribution < 1.29 is 4.74 Å². The zero-order chi connectivity index (χ0) is 12.7. The molecule has 0 aliphatic carbocycles. The molecule has 1 nitrogen and oxygen atoms in total. The lowest BCUT2D eigenvalue weighted by molar-refractivity contribution is 0.232. The van der Waals surface area contributed by atoms with Crippen molar-refractivity contribution in [3.05, 3.63) is 29.3 Å². The molecule has 0 aromatic heterocycles. The van der Waals surface area contributed by atoms with Crippen LogP contribution in [0.1, 0.15) is 58.6 Å². The fourth-order valence-electron chi connectivity index (χ4n) is 1.69. The van der Waals surface area contributed by atoms with Gasteiger partial charge in [0.2, 0.25) is 0 Å². The lowest BCUT2D eigenvalue weighted by Gasteiger charge is -2.07. The Hall–Kier alpha value is -0.980. The molecule has 0 radical (unpaired) electrons. The number of hydrogen-bond donors (Lipinski definition) is 0. The van der Waals surface area contributed by atoms with E-state index in [1.807, 2.05) is 27.7 Å². The highest BCUT2D eigenvalue weighted by Gasteiger charge is 2.26. The largest absolute Gasteiger partial charge is 0.490 e. The van der Waals surface area contributed by atoms with Gasteiger partial charge in [0, 0.05) is 11.5 Å². The Balaban J connectivity index is 0.000000509. The molecule has 1 aromatic carbocycles. The number of ether oxygens (including phenoxy) is 1. The van der Waals surface area contributed by atoms with E-state index in [2.05, 4.69) is 39.0 Å². The Labute approximate surface area is 101 Å². The van der Waals surface area contributed by atoms with Crippen LogP contribution in [0.25, 0.3) is 0 Å². The normalized spacial score (nSPS) is 20.7. The molecule has 2 rings (SSSR count). The molecule has 1 aliphatic rings. The highest BCUT2D eigenvalue weighted by atomic mass is 16.5. The standard InChI is InChI=1S/C11H14O.2C2H6/c1-7-4-5-11-10(6-7)8(2)9(3)12-11;2*1-2/h4-6,8-9H,1-3H3;2*1-2H3. The molecule has 0 saturated carbocycles. The van der Waals surface area contributed by atoms with E-state index in [-0.39, 0.29) is 0 Å². The van der Waals surface area contributed by atoms with Gasteiger partial charge in [0.1, 0.15) is 11.9 Å². The fraction of sp³-hybridized carbons (Fsp3) is 0.600. The van der Waals surface area contributed by atoms with Gasteiger partial charge in [-0.05, 0) is 19.9 Å². The molecule has 0 bridgehead atoms. The maximum absolute atomic E-state index is 5.67. The summed E-state index contributed by atoms with van der Waals surface area (Å²) in [7, 11) is 0. The van der Waals surface area contributed by atoms with Gasteiger partial charge >= 0.3 is 0 Å². The molecule has 16 heavy (non-hydrogen) atoms. The van der Waals surface area contributed by atoms with E-state index >= 15 is 0 Å². The van der Waals surface area contributed by atoms with Gasteiger partial charge in [-0.1, -0.05) is 52.3 Å². The molecule has 92 valence electrons. The first-order valence-electron chi connectivity index (χ1n) is 6.45. The summed E-state index contributed by atoms with van der Waals surface area (Å²) >= 11 is 0. The number of fused-ring (bicyclic) bond motifs is 1. The van der Waals surface area contributed by atoms with E-state index in [1.165, 1.54) is 11.1 Å². The van der Waals surface area contributed by atoms with Gasteiger partial charge in [-0.2, -0.15) is 0 Å². The Morgan fingerprint density at radius 2 is 1.56 bits per heavy atom. The van der Waals surface area contributed by atoms with Crippen LogP contribution in [0.5, 0.6) is 5.75 Å². The van der Waals surface area contributed by atoms with Crippen LogP contribution in [0.2, 0.25) is 0 Å². The predicted molar refractivity (Wildman–Crippen MR) is 72.4 cm³/mol. The second-order valence-electron chi connectivity index (χ2n) is 3.65. The molecule has 1 aliphatic heterocycles. The van der Waals surface area contributed by atoms with Crippen LogP contribution >= 0.6 is 0 Å². The highest BCUT2D eigenvalue weighted by Crippen LogP contribution is 2.37. The van der Waals surface area contributed by atoms with E-state index in [4.69, 9.17) is 4.74 Å². The van der Waals surface area contributed by atoms with Crippen molar-refractivity contribution in [1.29, 1.82) is 0 Å². The summed E-state index contributed by atoms with van der Waals surface area (Å²) in [5.74, 6) is 1.61. The first kappa shape index (κ1) is 15.0. The van der Waals surface area contributed by atoms with Crippen molar-refractivity contribution in [2.24, 2.45) is 0 Å². The molecule has 1 heteroatoms. The van der Waals surface area contributed by atoms with Crippen LogP contribution < -0.4 is 4.74 Å². The lowest BCUT2D eigenvalue weighted by atomic mass is 9.97. The maximum atomic E-state index is 5.67. The van der Waals surface area contributed by atoms with E-state index in [9.17, 15) is 0 Å². The molecule has 1 aromatic rings. The van der Waals surface area contributed by atoms with Crippen molar-refractivity contribution in [2.75, 3.05) is 0 Å². The van der Waals surface area contributed by atoms with Crippen LogP contribution in [0, 0.1) is 6.92 Å². The summed E-state index contributed by atoms with van der Waals surface area (Å²) in [6, 6.07) is 6.40. The smallest absolute Gasteiger partial charge is 0.123 e. The topological polar surface area (TPSA) is 9.23 Å². The quantitative estimate of drug-likeness (QED) is 0.604. The number of rotatable bonds is 0. The van der Waals surface area contributed by atoms with E-state index < -0.39 is 0 Å². The predicted octanol–water partition coefficient (Wildman–Crippen LogP) is 4.93. The number of hydrogen-bond acceptors (Lipinski definition) is 1. The van der Waals surface area contributed by atoms with E-state index in [0.717, 1.165) is 5.75 Å². The molecular weight excluding hydrogens is 196 g/mol. The van der Waals surface area contributed by atoms with Gasteiger partial charge in [0.15, 0.2) is 0 Å². The van der Waals surface area contributed by atoms with Crippen LogP contribution in [-0.4, -0.2) is 6.10 Å². The fourth-order valence-corrected chi connectivity index (χ4v) is 1.69. The van der Waals surface area contributed by atoms with Crippen LogP contribution in [0.15, 0.2) is 18.2 Å². The number of aryl methyl sites for hydroxylation is 1. The Kier molecular flexibility index (Phi) is 6.87. The van der Waals surface area contributed by atoms with Gasteiger partial charge in [0.25, 0.3) is 0 Å². The Morgan fingerprint density at radius 1 is 1.00 bits per heavy atom. The third-order valence-electron chi connectivity index (χ3n) is 2.67. The summed E-state index contributed by atoms with van der Waals surface area (Å²) in [5.41, 5.74) is 2.68. The minimum Gasteiger partial charge on any atom is -0.490 e. The molecule has 0 fully saturated rings.